The van der Waals surface area contributed by atoms with Crippen LogP contribution in [0.4, 0.5) is 5.69 Å². The van der Waals surface area contributed by atoms with Crippen LogP contribution in [0.1, 0.15) is 0 Å². The van der Waals surface area contributed by atoms with Gasteiger partial charge in [-0.1, -0.05) is 11.6 Å². The molecule has 1 rings (SSSR count). The molecule has 0 saturated heterocycles. The number of halogens is 1. The van der Waals surface area contributed by atoms with Crippen LogP contribution in [0, 0.1) is 0 Å². The number of hydrogen-bond donors (Lipinski definition) is 1. The van der Waals surface area contributed by atoms with Gasteiger partial charge in [-0.2, -0.15) is 5.10 Å². The Kier molecular flexibility index (Phi) is 5.78. The number of hydrogen-bond acceptors (Lipinski definition) is 6. The number of ether oxygens (including phenoxy) is 1. The van der Waals surface area contributed by atoms with Crippen LogP contribution in [-0.2, 0) is 16.1 Å². The summed E-state index contributed by atoms with van der Waals surface area (Å²) in [5.41, 5.74) is 0.0175. The Morgan fingerprint density at radius 2 is 2.32 bits per heavy atom. The molecule has 0 fully saturated rings. The SMILES string of the molecule is CNCCN(C)c1cnn(CC(=O)OC)c(=O)c1Cl. The third-order valence-electron chi connectivity index (χ3n) is 2.58. The van der Waals surface area contributed by atoms with E-state index in [2.05, 4.69) is 15.2 Å². The van der Waals surface area contributed by atoms with E-state index in [0.717, 1.165) is 11.2 Å². The number of carbonyl (C=O) groups excluding carboxylic acids is 1. The second-order valence-corrected chi connectivity index (χ2v) is 4.29. The van der Waals surface area contributed by atoms with Gasteiger partial charge >= 0.3 is 5.97 Å². The number of carbonyl (C=O) groups is 1. The van der Waals surface area contributed by atoms with E-state index in [0.29, 0.717) is 12.2 Å². The van der Waals surface area contributed by atoms with Gasteiger partial charge in [0.15, 0.2) is 0 Å². The molecule has 1 aromatic heterocycles. The van der Waals surface area contributed by atoms with Crippen molar-refractivity contribution in [2.45, 2.75) is 6.54 Å². The van der Waals surface area contributed by atoms with E-state index in [4.69, 9.17) is 11.6 Å². The molecular weight excluding hydrogens is 272 g/mol. The Balaban J connectivity index is 2.97. The van der Waals surface area contributed by atoms with E-state index in [-0.39, 0.29) is 11.6 Å². The molecule has 1 aromatic rings. The Morgan fingerprint density at radius 1 is 1.63 bits per heavy atom. The van der Waals surface area contributed by atoms with E-state index in [1.54, 1.807) is 0 Å². The number of anilines is 1. The number of esters is 1. The number of aromatic nitrogens is 2. The van der Waals surface area contributed by atoms with Crippen LogP contribution in [0.15, 0.2) is 11.0 Å². The minimum Gasteiger partial charge on any atom is -0.468 e. The number of methoxy groups -OCH3 is 1. The highest BCUT2D eigenvalue weighted by Gasteiger charge is 2.14. The normalized spacial score (nSPS) is 10.3. The van der Waals surface area contributed by atoms with Gasteiger partial charge in [0.25, 0.3) is 5.56 Å². The van der Waals surface area contributed by atoms with Gasteiger partial charge in [0.1, 0.15) is 11.6 Å². The first kappa shape index (κ1) is 15.5. The molecule has 0 aromatic carbocycles. The smallest absolute Gasteiger partial charge is 0.327 e. The second kappa shape index (κ2) is 7.10. The van der Waals surface area contributed by atoms with Gasteiger partial charge in [0.2, 0.25) is 0 Å². The predicted octanol–water partition coefficient (Wildman–Crippen LogP) is -0.275. The zero-order chi connectivity index (χ0) is 14.4. The molecule has 19 heavy (non-hydrogen) atoms. The number of rotatable bonds is 6. The summed E-state index contributed by atoms with van der Waals surface area (Å²) in [6.07, 6.45) is 1.46. The summed E-state index contributed by atoms with van der Waals surface area (Å²) < 4.78 is 5.46. The molecule has 7 nitrogen and oxygen atoms in total. The van der Waals surface area contributed by atoms with Crippen LogP contribution in [0.5, 0.6) is 0 Å². The van der Waals surface area contributed by atoms with Crippen molar-refractivity contribution in [1.82, 2.24) is 15.1 Å². The second-order valence-electron chi connectivity index (χ2n) is 3.91. The summed E-state index contributed by atoms with van der Waals surface area (Å²) in [7, 11) is 4.89. The molecule has 0 spiro atoms. The van der Waals surface area contributed by atoms with Crippen molar-refractivity contribution < 1.29 is 9.53 Å². The Hall–Kier alpha value is -1.60. The fourth-order valence-electron chi connectivity index (χ4n) is 1.42. The van der Waals surface area contributed by atoms with Crippen LogP contribution < -0.4 is 15.8 Å². The quantitative estimate of drug-likeness (QED) is 0.726. The summed E-state index contributed by atoms with van der Waals surface area (Å²) in [5.74, 6) is -0.554. The van der Waals surface area contributed by atoms with Crippen LogP contribution in [0.3, 0.4) is 0 Å². The summed E-state index contributed by atoms with van der Waals surface area (Å²) >= 11 is 6.01. The first-order chi connectivity index (χ1) is 9.01. The number of likely N-dealkylation sites (N-methyl/N-ethyl adjacent to an activating group) is 2. The molecule has 0 radical (unpaired) electrons. The van der Waals surface area contributed by atoms with E-state index in [1.807, 2.05) is 19.0 Å². The Bertz CT molecular complexity index is 503. The molecule has 0 atom stereocenters. The molecule has 106 valence electrons. The van der Waals surface area contributed by atoms with E-state index >= 15 is 0 Å². The largest absolute Gasteiger partial charge is 0.468 e. The van der Waals surface area contributed by atoms with Crippen molar-refractivity contribution in [3.63, 3.8) is 0 Å². The molecule has 0 unspecified atom stereocenters. The highest BCUT2D eigenvalue weighted by atomic mass is 35.5. The molecule has 0 aliphatic carbocycles. The number of nitrogens with zero attached hydrogens (tertiary/aromatic N) is 3. The zero-order valence-corrected chi connectivity index (χ0v) is 11.9. The topological polar surface area (TPSA) is 76.5 Å². The fourth-order valence-corrected chi connectivity index (χ4v) is 1.71. The van der Waals surface area contributed by atoms with Gasteiger partial charge in [0.05, 0.1) is 19.0 Å². The van der Waals surface area contributed by atoms with Gasteiger partial charge < -0.3 is 15.0 Å². The lowest BCUT2D eigenvalue weighted by Gasteiger charge is -2.19. The van der Waals surface area contributed by atoms with Crippen LogP contribution in [-0.4, -0.2) is 50.0 Å². The molecule has 0 bridgehead atoms. The Morgan fingerprint density at radius 3 is 2.89 bits per heavy atom. The maximum atomic E-state index is 11.9. The minimum atomic E-state index is -0.554. The third-order valence-corrected chi connectivity index (χ3v) is 2.94. The lowest BCUT2D eigenvalue weighted by molar-refractivity contribution is -0.141. The van der Waals surface area contributed by atoms with Crippen molar-refractivity contribution in [2.75, 3.05) is 39.2 Å². The van der Waals surface area contributed by atoms with E-state index in [1.165, 1.54) is 13.3 Å². The van der Waals surface area contributed by atoms with E-state index in [9.17, 15) is 9.59 Å². The van der Waals surface area contributed by atoms with Crippen LogP contribution in [0.25, 0.3) is 0 Å². The minimum absolute atomic E-state index is 0.0394. The van der Waals surface area contributed by atoms with Gasteiger partial charge in [-0.05, 0) is 7.05 Å². The highest BCUT2D eigenvalue weighted by molar-refractivity contribution is 6.33. The van der Waals surface area contributed by atoms with Crippen molar-refractivity contribution in [3.05, 3.63) is 21.6 Å². The van der Waals surface area contributed by atoms with Gasteiger partial charge in [-0.25, -0.2) is 4.68 Å². The average Bonchev–Trinajstić information content (AvgIpc) is 2.41. The zero-order valence-electron chi connectivity index (χ0n) is 11.1. The van der Waals surface area contributed by atoms with Gasteiger partial charge in [0, 0.05) is 20.1 Å². The molecule has 0 saturated carbocycles. The molecular formula is C11H17ClN4O3. The molecule has 0 aliphatic heterocycles. The van der Waals surface area contributed by atoms with E-state index < -0.39 is 11.5 Å². The van der Waals surface area contributed by atoms with Crippen molar-refractivity contribution in [1.29, 1.82) is 0 Å². The lowest BCUT2D eigenvalue weighted by Crippen LogP contribution is -2.32. The first-order valence-electron chi connectivity index (χ1n) is 5.69. The standard InChI is InChI=1S/C11H17ClN4O3/c1-13-4-5-15(2)8-6-14-16(7-9(17)19-3)11(18)10(8)12/h6,13H,4-5,7H2,1-3H3. The number of nitrogens with one attached hydrogen (secondary N) is 1. The fraction of sp³-hybridized carbons (Fsp3) is 0.545. The van der Waals surface area contributed by atoms with Crippen LogP contribution in [0.2, 0.25) is 5.02 Å². The van der Waals surface area contributed by atoms with Crippen LogP contribution >= 0.6 is 11.6 Å². The summed E-state index contributed by atoms with van der Waals surface area (Å²) in [5, 5.41) is 6.95. The molecule has 1 heterocycles. The Labute approximate surface area is 116 Å². The monoisotopic (exact) mass is 288 g/mol. The summed E-state index contributed by atoms with van der Waals surface area (Å²) in [4.78, 5) is 24.9. The van der Waals surface area contributed by atoms with Crippen molar-refractivity contribution in [3.8, 4) is 0 Å². The average molecular weight is 289 g/mol. The maximum absolute atomic E-state index is 11.9. The molecule has 8 heteroatoms. The van der Waals surface area contributed by atoms with Crippen molar-refractivity contribution >= 4 is 23.3 Å². The first-order valence-corrected chi connectivity index (χ1v) is 6.07. The third kappa shape index (κ3) is 3.93. The van der Waals surface area contributed by atoms with Crippen molar-refractivity contribution in [2.24, 2.45) is 0 Å². The lowest BCUT2D eigenvalue weighted by atomic mass is 10.4. The highest BCUT2D eigenvalue weighted by Crippen LogP contribution is 2.18. The van der Waals surface area contributed by atoms with Gasteiger partial charge in [-0.3, -0.25) is 9.59 Å². The van der Waals surface area contributed by atoms with Gasteiger partial charge in [-0.15, -0.1) is 0 Å². The molecule has 0 amide bonds. The molecule has 1 N–H and O–H groups in total. The predicted molar refractivity (Wildman–Crippen MR) is 72.7 cm³/mol. The summed E-state index contributed by atoms with van der Waals surface area (Å²) in [6, 6.07) is 0. The molecule has 0 aliphatic rings. The maximum Gasteiger partial charge on any atom is 0.327 e. The summed E-state index contributed by atoms with van der Waals surface area (Å²) in [6.45, 7) is 1.17.